The van der Waals surface area contributed by atoms with E-state index in [1.807, 2.05) is 6.07 Å². The predicted molar refractivity (Wildman–Crippen MR) is 78.2 cm³/mol. The quantitative estimate of drug-likeness (QED) is 0.946. The van der Waals surface area contributed by atoms with E-state index >= 15 is 0 Å². The molecule has 0 radical (unpaired) electrons. The smallest absolute Gasteiger partial charge is 0.276 e. The van der Waals surface area contributed by atoms with Crippen molar-refractivity contribution < 1.29 is 9.32 Å². The van der Waals surface area contributed by atoms with Crippen LogP contribution in [0, 0.1) is 0 Å². The molecule has 2 aromatic rings. The van der Waals surface area contributed by atoms with Gasteiger partial charge in [0.15, 0.2) is 11.5 Å². The Hall–Kier alpha value is -1.37. The Morgan fingerprint density at radius 2 is 2.45 bits per heavy atom. The molecule has 3 rings (SSSR count). The Labute approximate surface area is 125 Å². The standard InChI is InChI=1S/C13H14ClN3O2S/c1-17(8-4-5-15-7-8)13(18)9-6-10(19-16-9)11-2-3-12(14)20-11/h2-3,6,8,15H,4-5,7H2,1H3. The molecule has 1 aliphatic rings. The molecule has 1 atom stereocenters. The van der Waals surface area contributed by atoms with Crippen LogP contribution >= 0.6 is 22.9 Å². The van der Waals surface area contributed by atoms with Crippen molar-refractivity contribution in [2.75, 3.05) is 20.1 Å². The largest absolute Gasteiger partial charge is 0.355 e. The van der Waals surface area contributed by atoms with E-state index < -0.39 is 0 Å². The number of halogens is 1. The van der Waals surface area contributed by atoms with Crippen LogP contribution in [0.25, 0.3) is 10.6 Å². The van der Waals surface area contributed by atoms with E-state index in [0.29, 0.717) is 15.8 Å². The van der Waals surface area contributed by atoms with E-state index in [1.54, 1.807) is 24.1 Å². The summed E-state index contributed by atoms with van der Waals surface area (Å²) in [6, 6.07) is 5.54. The van der Waals surface area contributed by atoms with Gasteiger partial charge in [0.25, 0.3) is 5.91 Å². The van der Waals surface area contributed by atoms with Crippen LogP contribution in [0.2, 0.25) is 4.34 Å². The molecule has 20 heavy (non-hydrogen) atoms. The molecule has 1 fully saturated rings. The van der Waals surface area contributed by atoms with Gasteiger partial charge < -0.3 is 14.7 Å². The van der Waals surface area contributed by atoms with Crippen molar-refractivity contribution in [2.24, 2.45) is 0 Å². The van der Waals surface area contributed by atoms with Crippen LogP contribution in [0.1, 0.15) is 16.9 Å². The Morgan fingerprint density at radius 3 is 3.10 bits per heavy atom. The molecule has 2 aromatic heterocycles. The average Bonchev–Trinajstić information content (AvgIpc) is 3.17. The molecule has 0 spiro atoms. The summed E-state index contributed by atoms with van der Waals surface area (Å²) < 4.78 is 5.92. The van der Waals surface area contributed by atoms with Crippen molar-refractivity contribution in [1.82, 2.24) is 15.4 Å². The molecule has 3 heterocycles. The van der Waals surface area contributed by atoms with Gasteiger partial charge in [-0.15, -0.1) is 11.3 Å². The SMILES string of the molecule is CN(C(=O)c1cc(-c2ccc(Cl)s2)on1)C1CCNC1. The molecule has 0 saturated carbocycles. The van der Waals surface area contributed by atoms with Gasteiger partial charge in [0.1, 0.15) is 0 Å². The number of carbonyl (C=O) groups excluding carboxylic acids is 1. The van der Waals surface area contributed by atoms with Crippen molar-refractivity contribution >= 4 is 28.8 Å². The summed E-state index contributed by atoms with van der Waals surface area (Å²) in [6.45, 7) is 1.77. The summed E-state index contributed by atoms with van der Waals surface area (Å²) in [5, 5.41) is 7.11. The highest BCUT2D eigenvalue weighted by Gasteiger charge is 2.26. The van der Waals surface area contributed by atoms with Crippen molar-refractivity contribution in [3.05, 3.63) is 28.2 Å². The molecule has 1 amide bonds. The minimum atomic E-state index is -0.114. The number of aromatic nitrogens is 1. The first-order chi connectivity index (χ1) is 9.65. The molecule has 0 aliphatic carbocycles. The van der Waals surface area contributed by atoms with E-state index in [2.05, 4.69) is 10.5 Å². The number of thiophene rings is 1. The van der Waals surface area contributed by atoms with Crippen LogP contribution in [-0.2, 0) is 0 Å². The van der Waals surface area contributed by atoms with Crippen LogP contribution in [0.3, 0.4) is 0 Å². The third kappa shape index (κ3) is 2.59. The van der Waals surface area contributed by atoms with E-state index in [-0.39, 0.29) is 11.9 Å². The van der Waals surface area contributed by atoms with Gasteiger partial charge in [-0.2, -0.15) is 0 Å². The first kappa shape index (κ1) is 13.6. The van der Waals surface area contributed by atoms with E-state index in [0.717, 1.165) is 24.4 Å². The zero-order valence-electron chi connectivity index (χ0n) is 10.9. The number of likely N-dealkylation sites (N-methyl/N-ethyl adjacent to an activating group) is 1. The fourth-order valence-electron chi connectivity index (χ4n) is 2.26. The topological polar surface area (TPSA) is 58.4 Å². The zero-order chi connectivity index (χ0) is 14.1. The molecule has 1 aliphatic heterocycles. The Bertz CT molecular complexity index is 619. The number of nitrogens with one attached hydrogen (secondary N) is 1. The predicted octanol–water partition coefficient (Wildman–Crippen LogP) is 2.49. The zero-order valence-corrected chi connectivity index (χ0v) is 12.5. The summed E-state index contributed by atoms with van der Waals surface area (Å²) in [7, 11) is 1.80. The monoisotopic (exact) mass is 311 g/mol. The summed E-state index contributed by atoms with van der Waals surface area (Å²) in [6.07, 6.45) is 0.966. The van der Waals surface area contributed by atoms with Gasteiger partial charge in [0.05, 0.1) is 9.21 Å². The van der Waals surface area contributed by atoms with Gasteiger partial charge in [0.2, 0.25) is 0 Å². The fraction of sp³-hybridized carbons (Fsp3) is 0.385. The van der Waals surface area contributed by atoms with E-state index in [9.17, 15) is 4.79 Å². The molecule has 1 N–H and O–H groups in total. The van der Waals surface area contributed by atoms with Crippen LogP contribution in [0.4, 0.5) is 0 Å². The van der Waals surface area contributed by atoms with Gasteiger partial charge in [-0.05, 0) is 25.1 Å². The van der Waals surface area contributed by atoms with Crippen LogP contribution in [0.15, 0.2) is 22.7 Å². The maximum absolute atomic E-state index is 12.3. The van der Waals surface area contributed by atoms with Crippen molar-refractivity contribution in [1.29, 1.82) is 0 Å². The van der Waals surface area contributed by atoms with Crippen LogP contribution in [0.5, 0.6) is 0 Å². The van der Waals surface area contributed by atoms with Crippen molar-refractivity contribution in [2.45, 2.75) is 12.5 Å². The highest BCUT2D eigenvalue weighted by Crippen LogP contribution is 2.31. The number of carbonyl (C=O) groups is 1. The molecule has 0 bridgehead atoms. The minimum absolute atomic E-state index is 0.114. The summed E-state index contributed by atoms with van der Waals surface area (Å²) in [5.74, 6) is 0.458. The van der Waals surface area contributed by atoms with Crippen LogP contribution < -0.4 is 5.32 Å². The number of nitrogens with zero attached hydrogens (tertiary/aromatic N) is 2. The van der Waals surface area contributed by atoms with Crippen molar-refractivity contribution in [3.63, 3.8) is 0 Å². The van der Waals surface area contributed by atoms with Crippen LogP contribution in [-0.4, -0.2) is 42.1 Å². The van der Waals surface area contributed by atoms with Gasteiger partial charge in [-0.25, -0.2) is 0 Å². The second-order valence-corrected chi connectivity index (χ2v) is 6.46. The second-order valence-electron chi connectivity index (χ2n) is 4.74. The average molecular weight is 312 g/mol. The number of hydrogen-bond donors (Lipinski definition) is 1. The second kappa shape index (κ2) is 5.55. The maximum atomic E-state index is 12.3. The Morgan fingerprint density at radius 1 is 1.60 bits per heavy atom. The molecule has 1 saturated heterocycles. The molecule has 7 heteroatoms. The van der Waals surface area contributed by atoms with Crippen molar-refractivity contribution in [3.8, 4) is 10.6 Å². The first-order valence-corrected chi connectivity index (χ1v) is 7.55. The Kier molecular flexibility index (Phi) is 3.78. The lowest BCUT2D eigenvalue weighted by molar-refractivity contribution is 0.0733. The summed E-state index contributed by atoms with van der Waals surface area (Å²) in [4.78, 5) is 14.9. The maximum Gasteiger partial charge on any atom is 0.276 e. The molecular weight excluding hydrogens is 298 g/mol. The summed E-state index contributed by atoms with van der Waals surface area (Å²) >= 11 is 7.29. The number of hydrogen-bond acceptors (Lipinski definition) is 5. The lowest BCUT2D eigenvalue weighted by Crippen LogP contribution is -2.38. The first-order valence-electron chi connectivity index (χ1n) is 6.35. The van der Waals surface area contributed by atoms with E-state index in [4.69, 9.17) is 16.1 Å². The molecule has 1 unspecified atom stereocenters. The van der Waals surface area contributed by atoms with Gasteiger partial charge in [-0.3, -0.25) is 4.79 Å². The van der Waals surface area contributed by atoms with Gasteiger partial charge >= 0.3 is 0 Å². The number of rotatable bonds is 3. The van der Waals surface area contributed by atoms with Gasteiger partial charge in [0, 0.05) is 25.7 Å². The highest BCUT2D eigenvalue weighted by atomic mass is 35.5. The Balaban J connectivity index is 1.77. The molecule has 5 nitrogen and oxygen atoms in total. The van der Waals surface area contributed by atoms with Gasteiger partial charge in [-0.1, -0.05) is 16.8 Å². The van der Waals surface area contributed by atoms with E-state index in [1.165, 1.54) is 11.3 Å². The molecular formula is C13H14ClN3O2S. The molecule has 0 aromatic carbocycles. The third-order valence-corrected chi connectivity index (χ3v) is 4.69. The lowest BCUT2D eigenvalue weighted by atomic mass is 10.2. The normalized spacial score (nSPS) is 18.4. The minimum Gasteiger partial charge on any atom is -0.355 e. The fourth-order valence-corrected chi connectivity index (χ4v) is 3.25. The summed E-state index contributed by atoms with van der Waals surface area (Å²) in [5.41, 5.74) is 0.332. The lowest BCUT2D eigenvalue weighted by Gasteiger charge is -2.22. The third-order valence-electron chi connectivity index (χ3n) is 3.45. The number of amides is 1. The molecule has 106 valence electrons. The highest BCUT2D eigenvalue weighted by molar-refractivity contribution is 7.19.